The second kappa shape index (κ2) is 12.0. The molecule has 2 aliphatic heterocycles. The maximum atomic E-state index is 15.8. The number of β-amino-alcohol motifs (C(OH)–C–C–N with tert-alkyl or cyclic N) is 1. The zero-order valence-electron chi connectivity index (χ0n) is 25.6. The van der Waals surface area contributed by atoms with Crippen molar-refractivity contribution in [2.75, 3.05) is 64.0 Å². The van der Waals surface area contributed by atoms with Crippen LogP contribution in [-0.2, 0) is 11.0 Å². The first-order valence-electron chi connectivity index (χ1n) is 14.6. The summed E-state index contributed by atoms with van der Waals surface area (Å²) in [6.45, 7) is 18.5. The first-order chi connectivity index (χ1) is 19.3. The molecule has 2 heterocycles. The molecule has 2 N–H and O–H groups in total. The van der Waals surface area contributed by atoms with Crippen molar-refractivity contribution in [3.05, 3.63) is 52.3 Å². The van der Waals surface area contributed by atoms with Gasteiger partial charge in [0.1, 0.15) is 5.84 Å². The van der Waals surface area contributed by atoms with E-state index >= 15 is 4.39 Å². The van der Waals surface area contributed by atoms with Crippen LogP contribution in [0.2, 0.25) is 0 Å². The summed E-state index contributed by atoms with van der Waals surface area (Å²) in [5.41, 5.74) is 2.40. The second-order valence-electron chi connectivity index (χ2n) is 12.3. The van der Waals surface area contributed by atoms with Crippen LogP contribution in [0.1, 0.15) is 75.5 Å². The van der Waals surface area contributed by atoms with Gasteiger partial charge in [-0.15, -0.1) is 0 Å². The minimum Gasteiger partial charge on any atom is -0.490 e. The minimum atomic E-state index is -0.812. The molecule has 0 bridgehead atoms. The molecule has 0 atom stereocenters. The fourth-order valence-corrected chi connectivity index (χ4v) is 5.69. The van der Waals surface area contributed by atoms with Crippen molar-refractivity contribution in [3.63, 3.8) is 0 Å². The molecule has 4 rings (SSSR count). The Bertz CT molecular complexity index is 1300. The van der Waals surface area contributed by atoms with Gasteiger partial charge in [-0.1, -0.05) is 20.8 Å². The lowest BCUT2D eigenvalue weighted by atomic mass is 9.85. The molecular formula is C32H45FN4O4. The number of ether oxygens (including phenoxy) is 2. The molecule has 0 unspecified atom stereocenters. The lowest BCUT2D eigenvalue weighted by molar-refractivity contribution is 0.0920. The van der Waals surface area contributed by atoms with E-state index in [1.165, 1.54) is 0 Å². The molecule has 0 saturated carbocycles. The number of anilines is 1. The van der Waals surface area contributed by atoms with Crippen LogP contribution in [0.5, 0.6) is 11.5 Å². The average Bonchev–Trinajstić information content (AvgIpc) is 3.11. The monoisotopic (exact) mass is 568 g/mol. The summed E-state index contributed by atoms with van der Waals surface area (Å²) in [6.07, 6.45) is 0. The normalized spacial score (nSPS) is 17.1. The molecule has 0 amide bonds. The zero-order valence-corrected chi connectivity index (χ0v) is 25.6. The molecule has 2 aromatic rings. The van der Waals surface area contributed by atoms with Gasteiger partial charge in [0.25, 0.3) is 0 Å². The van der Waals surface area contributed by atoms with E-state index < -0.39 is 11.4 Å². The van der Waals surface area contributed by atoms with Gasteiger partial charge in [-0.05, 0) is 68.5 Å². The number of rotatable bonds is 10. The fraction of sp³-hybridized carbons (Fsp3) is 0.562. The zero-order chi connectivity index (χ0) is 30.1. The number of Topliss-reactive ketones (excluding diaryl/α,β-unsaturated/α-hetero) is 1. The molecule has 2 aliphatic rings. The lowest BCUT2D eigenvalue weighted by Gasteiger charge is -2.37. The van der Waals surface area contributed by atoms with Gasteiger partial charge in [0.2, 0.25) is 0 Å². The number of carbonyl (C=O) groups excluding carboxylic acids is 1. The molecule has 2 aromatic carbocycles. The summed E-state index contributed by atoms with van der Waals surface area (Å²) in [5, 5.41) is 18.2. The number of benzene rings is 2. The minimum absolute atomic E-state index is 0.00318. The van der Waals surface area contributed by atoms with Gasteiger partial charge in [-0.3, -0.25) is 15.1 Å². The molecule has 0 spiro atoms. The summed E-state index contributed by atoms with van der Waals surface area (Å²) in [5.74, 6) is -0.479. The van der Waals surface area contributed by atoms with Crippen LogP contribution >= 0.6 is 0 Å². The molecule has 1 fully saturated rings. The average molecular weight is 569 g/mol. The number of aliphatic hydroxyl groups is 1. The van der Waals surface area contributed by atoms with Gasteiger partial charge in [-0.2, -0.15) is 0 Å². The highest BCUT2D eigenvalue weighted by Gasteiger charge is 2.45. The van der Waals surface area contributed by atoms with Gasteiger partial charge >= 0.3 is 0 Å². The predicted octanol–water partition coefficient (Wildman–Crippen LogP) is 4.79. The van der Waals surface area contributed by atoms with Crippen molar-refractivity contribution in [2.45, 2.75) is 59.4 Å². The molecule has 1 saturated heterocycles. The van der Waals surface area contributed by atoms with Gasteiger partial charge in [0, 0.05) is 44.0 Å². The molecule has 9 heteroatoms. The van der Waals surface area contributed by atoms with E-state index in [0.29, 0.717) is 30.0 Å². The Morgan fingerprint density at radius 2 is 1.71 bits per heavy atom. The van der Waals surface area contributed by atoms with Crippen molar-refractivity contribution in [2.24, 2.45) is 0 Å². The number of halogens is 1. The Morgan fingerprint density at radius 1 is 1.05 bits per heavy atom. The van der Waals surface area contributed by atoms with Crippen molar-refractivity contribution < 1.29 is 23.8 Å². The number of amidine groups is 1. The van der Waals surface area contributed by atoms with Crippen LogP contribution < -0.4 is 14.4 Å². The Hall–Kier alpha value is -3.17. The molecule has 41 heavy (non-hydrogen) atoms. The first-order valence-corrected chi connectivity index (χ1v) is 14.6. The Labute approximate surface area is 243 Å². The second-order valence-corrected chi connectivity index (χ2v) is 12.3. The number of aliphatic hydroxyl groups excluding tert-OH is 1. The van der Waals surface area contributed by atoms with E-state index in [1.807, 2.05) is 32.9 Å². The third kappa shape index (κ3) is 6.06. The SMILES string of the molecule is CCOc1cc2c(c(F)c1OCC)C(=N)N(CC(=O)c1cc(N3CCN(CCO)CC3)cc(C(C)(C)C)c1)C2(C)C. The third-order valence-electron chi connectivity index (χ3n) is 8.18. The van der Waals surface area contributed by atoms with E-state index in [0.717, 1.165) is 37.4 Å². The number of ketones is 1. The molecule has 0 aliphatic carbocycles. The van der Waals surface area contributed by atoms with Crippen molar-refractivity contribution in [1.29, 1.82) is 5.41 Å². The van der Waals surface area contributed by atoms with E-state index in [1.54, 1.807) is 17.9 Å². The Kier molecular flexibility index (Phi) is 8.99. The van der Waals surface area contributed by atoms with Crippen LogP contribution in [0, 0.1) is 11.2 Å². The van der Waals surface area contributed by atoms with Crippen molar-refractivity contribution >= 4 is 17.3 Å². The Morgan fingerprint density at radius 3 is 2.29 bits per heavy atom. The molecule has 224 valence electrons. The summed E-state index contributed by atoms with van der Waals surface area (Å²) in [4.78, 5) is 20.1. The lowest BCUT2D eigenvalue weighted by Crippen LogP contribution is -2.47. The van der Waals surface area contributed by atoms with E-state index in [2.05, 4.69) is 36.6 Å². The number of hydrogen-bond acceptors (Lipinski definition) is 7. The molecule has 0 radical (unpaired) electrons. The van der Waals surface area contributed by atoms with Crippen LogP contribution in [0.15, 0.2) is 24.3 Å². The van der Waals surface area contributed by atoms with E-state index in [9.17, 15) is 9.90 Å². The van der Waals surface area contributed by atoms with Crippen molar-refractivity contribution in [1.82, 2.24) is 9.80 Å². The topological polar surface area (TPSA) is 89.3 Å². The number of nitrogens with zero attached hydrogens (tertiary/aromatic N) is 3. The largest absolute Gasteiger partial charge is 0.490 e. The number of hydrogen-bond donors (Lipinski definition) is 2. The Balaban J connectivity index is 1.66. The van der Waals surface area contributed by atoms with Crippen LogP contribution in [-0.4, -0.2) is 85.6 Å². The van der Waals surface area contributed by atoms with Gasteiger partial charge in [-0.25, -0.2) is 4.39 Å². The summed E-state index contributed by atoms with van der Waals surface area (Å²) in [6, 6.07) is 7.81. The maximum absolute atomic E-state index is 15.8. The molecule has 0 aromatic heterocycles. The standard InChI is InChI=1S/C32H45FN4O4/c1-8-40-26-19-24-27(28(33)29(26)41-9-2)30(34)37(32(24,6)7)20-25(39)21-16-22(31(3,4)5)18-23(17-21)36-12-10-35(11-13-36)14-15-38/h16-19,34,38H,8-15,20H2,1-7H3. The van der Waals surface area contributed by atoms with Crippen LogP contribution in [0.25, 0.3) is 0 Å². The highest BCUT2D eigenvalue weighted by molar-refractivity contribution is 6.07. The summed E-state index contributed by atoms with van der Waals surface area (Å²) < 4.78 is 27.1. The number of carbonyl (C=O) groups is 1. The third-order valence-corrected chi connectivity index (χ3v) is 8.18. The first kappa shape index (κ1) is 30.8. The molecular weight excluding hydrogens is 523 g/mol. The summed E-state index contributed by atoms with van der Waals surface area (Å²) in [7, 11) is 0. The fourth-order valence-electron chi connectivity index (χ4n) is 5.69. The summed E-state index contributed by atoms with van der Waals surface area (Å²) >= 11 is 0. The highest BCUT2D eigenvalue weighted by Crippen LogP contribution is 2.46. The van der Waals surface area contributed by atoms with Crippen molar-refractivity contribution in [3.8, 4) is 11.5 Å². The van der Waals surface area contributed by atoms with Crippen LogP contribution in [0.3, 0.4) is 0 Å². The van der Waals surface area contributed by atoms with E-state index in [-0.39, 0.29) is 48.1 Å². The predicted molar refractivity (Wildman–Crippen MR) is 161 cm³/mol. The van der Waals surface area contributed by atoms with Crippen LogP contribution in [0.4, 0.5) is 10.1 Å². The molecule has 8 nitrogen and oxygen atoms in total. The number of piperazine rings is 1. The maximum Gasteiger partial charge on any atom is 0.197 e. The van der Waals surface area contributed by atoms with Gasteiger partial charge in [0.15, 0.2) is 23.1 Å². The smallest absolute Gasteiger partial charge is 0.197 e. The van der Waals surface area contributed by atoms with E-state index in [4.69, 9.17) is 14.9 Å². The number of nitrogens with one attached hydrogen (secondary N) is 1. The van der Waals surface area contributed by atoms with Gasteiger partial charge < -0.3 is 24.4 Å². The highest BCUT2D eigenvalue weighted by atomic mass is 19.1. The van der Waals surface area contributed by atoms with Gasteiger partial charge in [0.05, 0.1) is 37.5 Å². The number of fused-ring (bicyclic) bond motifs is 1. The quantitative estimate of drug-likeness (QED) is 0.398.